The van der Waals surface area contributed by atoms with Gasteiger partial charge in [0.1, 0.15) is 0 Å². The lowest BCUT2D eigenvalue weighted by Crippen LogP contribution is -2.50. The second-order valence-electron chi connectivity index (χ2n) is 3.22. The quantitative estimate of drug-likeness (QED) is 0.646. The van der Waals surface area contributed by atoms with E-state index in [1.807, 2.05) is 0 Å². The second kappa shape index (κ2) is 4.65. The fourth-order valence-corrected chi connectivity index (χ4v) is 1.36. The summed E-state index contributed by atoms with van der Waals surface area (Å²) in [5.74, 6) is -4.86. The highest BCUT2D eigenvalue weighted by atomic mass is 19.3. The minimum atomic E-state index is -3.40. The van der Waals surface area contributed by atoms with Gasteiger partial charge in [-0.05, 0) is 0 Å². The van der Waals surface area contributed by atoms with Crippen LogP contribution in [-0.4, -0.2) is 56.6 Å². The van der Waals surface area contributed by atoms with Crippen molar-refractivity contribution in [3.8, 4) is 0 Å². The van der Waals surface area contributed by atoms with Crippen molar-refractivity contribution in [3.05, 3.63) is 0 Å². The summed E-state index contributed by atoms with van der Waals surface area (Å²) in [4.78, 5) is 12.2. The number of piperazine rings is 1. The summed E-state index contributed by atoms with van der Waals surface area (Å²) in [5.41, 5.74) is 0. The Morgan fingerprint density at radius 2 is 2.07 bits per heavy atom. The van der Waals surface area contributed by atoms with Crippen LogP contribution in [0.5, 0.6) is 0 Å². The number of carbonyl (C=O) groups is 1. The van der Waals surface area contributed by atoms with Gasteiger partial charge in [0.05, 0.1) is 13.7 Å². The van der Waals surface area contributed by atoms with Crippen LogP contribution in [0, 0.1) is 0 Å². The van der Waals surface area contributed by atoms with Crippen LogP contribution in [0.1, 0.15) is 0 Å². The Morgan fingerprint density at radius 3 is 2.57 bits per heavy atom. The molecule has 0 bridgehead atoms. The molecule has 1 fully saturated rings. The number of nitrogens with one attached hydrogen (secondary N) is 1. The molecule has 0 aromatic heterocycles. The van der Waals surface area contributed by atoms with E-state index in [2.05, 4.69) is 10.1 Å². The second-order valence-corrected chi connectivity index (χ2v) is 3.22. The molecule has 0 spiro atoms. The maximum atomic E-state index is 13.1. The lowest BCUT2D eigenvalue weighted by atomic mass is 10.2. The summed E-state index contributed by atoms with van der Waals surface area (Å²) in [6, 6.07) is 0. The van der Waals surface area contributed by atoms with Gasteiger partial charge in [0, 0.05) is 26.2 Å². The number of hydrogen-bond acceptors (Lipinski definition) is 4. The highest BCUT2D eigenvalue weighted by molar-refractivity contribution is 5.77. The van der Waals surface area contributed by atoms with Crippen molar-refractivity contribution in [2.75, 3.05) is 39.8 Å². The molecule has 6 heteroatoms. The first-order chi connectivity index (χ1) is 6.56. The molecule has 1 rings (SSSR count). The number of halogens is 2. The summed E-state index contributed by atoms with van der Waals surface area (Å²) in [6.45, 7) is 1.87. The van der Waals surface area contributed by atoms with Crippen molar-refractivity contribution < 1.29 is 18.3 Å². The van der Waals surface area contributed by atoms with Crippen LogP contribution >= 0.6 is 0 Å². The first-order valence-electron chi connectivity index (χ1n) is 4.45. The molecule has 0 aliphatic carbocycles. The number of methoxy groups -OCH3 is 1. The molecule has 0 aromatic rings. The number of esters is 1. The largest absolute Gasteiger partial charge is 0.465 e. The first-order valence-corrected chi connectivity index (χ1v) is 4.45. The van der Waals surface area contributed by atoms with Gasteiger partial charge in [-0.3, -0.25) is 4.90 Å². The van der Waals surface area contributed by atoms with Gasteiger partial charge in [-0.1, -0.05) is 0 Å². The molecule has 0 unspecified atom stereocenters. The Hall–Kier alpha value is -0.750. The standard InChI is InChI=1S/C8H14F2N2O2/c1-14-7(13)8(9,10)6-12-4-2-11-3-5-12/h11H,2-6H2,1H3. The maximum absolute atomic E-state index is 13.1. The fourth-order valence-electron chi connectivity index (χ4n) is 1.36. The molecule has 82 valence electrons. The normalized spacial score (nSPS) is 19.4. The van der Waals surface area contributed by atoms with E-state index in [9.17, 15) is 13.6 Å². The van der Waals surface area contributed by atoms with E-state index in [0.29, 0.717) is 26.2 Å². The van der Waals surface area contributed by atoms with E-state index in [4.69, 9.17) is 0 Å². The van der Waals surface area contributed by atoms with Crippen LogP contribution in [0.15, 0.2) is 0 Å². The SMILES string of the molecule is COC(=O)C(F)(F)CN1CCNCC1. The first kappa shape index (κ1) is 11.3. The predicted octanol–water partition coefficient (Wildman–Crippen LogP) is -0.300. The minimum Gasteiger partial charge on any atom is -0.465 e. The third-order valence-electron chi connectivity index (χ3n) is 2.12. The average molecular weight is 208 g/mol. The Morgan fingerprint density at radius 1 is 1.50 bits per heavy atom. The number of nitrogens with zero attached hydrogens (tertiary/aromatic N) is 1. The van der Waals surface area contributed by atoms with Crippen LogP contribution in [-0.2, 0) is 9.53 Å². The Balaban J connectivity index is 2.44. The molecule has 0 saturated carbocycles. The zero-order valence-corrected chi connectivity index (χ0v) is 8.06. The smallest absolute Gasteiger partial charge is 0.378 e. The fraction of sp³-hybridized carbons (Fsp3) is 0.875. The summed E-state index contributed by atoms with van der Waals surface area (Å²) in [6.07, 6.45) is 0. The van der Waals surface area contributed by atoms with Gasteiger partial charge in [-0.15, -0.1) is 0 Å². The van der Waals surface area contributed by atoms with Crippen LogP contribution in [0.25, 0.3) is 0 Å². The van der Waals surface area contributed by atoms with Crippen LogP contribution in [0.2, 0.25) is 0 Å². The van der Waals surface area contributed by atoms with Gasteiger partial charge in [0.15, 0.2) is 0 Å². The average Bonchev–Trinajstić information content (AvgIpc) is 2.17. The molecule has 0 amide bonds. The van der Waals surface area contributed by atoms with Crippen molar-refractivity contribution in [2.45, 2.75) is 5.92 Å². The van der Waals surface area contributed by atoms with E-state index in [1.165, 1.54) is 0 Å². The molecule has 1 heterocycles. The van der Waals surface area contributed by atoms with Crippen LogP contribution in [0.3, 0.4) is 0 Å². The van der Waals surface area contributed by atoms with E-state index in [0.717, 1.165) is 7.11 Å². The molecule has 4 nitrogen and oxygen atoms in total. The molecule has 1 saturated heterocycles. The molecular formula is C8H14F2N2O2. The lowest BCUT2D eigenvalue weighted by molar-refractivity contribution is -0.171. The van der Waals surface area contributed by atoms with Gasteiger partial charge in [0.2, 0.25) is 0 Å². The van der Waals surface area contributed by atoms with Crippen molar-refractivity contribution in [3.63, 3.8) is 0 Å². The topological polar surface area (TPSA) is 41.6 Å². The zero-order chi connectivity index (χ0) is 10.6. The number of rotatable bonds is 3. The monoisotopic (exact) mass is 208 g/mol. The Kier molecular flexibility index (Phi) is 3.77. The van der Waals surface area contributed by atoms with Crippen LogP contribution < -0.4 is 5.32 Å². The molecule has 14 heavy (non-hydrogen) atoms. The summed E-state index contributed by atoms with van der Waals surface area (Å²) in [5, 5.41) is 3.04. The molecule has 1 aliphatic heterocycles. The van der Waals surface area contributed by atoms with Gasteiger partial charge in [-0.2, -0.15) is 8.78 Å². The van der Waals surface area contributed by atoms with E-state index >= 15 is 0 Å². The molecule has 1 aliphatic rings. The number of hydrogen-bond donors (Lipinski definition) is 1. The third-order valence-corrected chi connectivity index (χ3v) is 2.12. The molecule has 0 radical (unpaired) electrons. The van der Waals surface area contributed by atoms with Gasteiger partial charge < -0.3 is 10.1 Å². The van der Waals surface area contributed by atoms with Gasteiger partial charge >= 0.3 is 11.9 Å². The Labute approximate surface area is 81.2 Å². The van der Waals surface area contributed by atoms with Crippen molar-refractivity contribution in [1.29, 1.82) is 0 Å². The lowest BCUT2D eigenvalue weighted by Gasteiger charge is -2.29. The summed E-state index contributed by atoms with van der Waals surface area (Å²) < 4.78 is 30.2. The molecular weight excluding hydrogens is 194 g/mol. The van der Waals surface area contributed by atoms with E-state index in [1.54, 1.807) is 4.90 Å². The zero-order valence-electron chi connectivity index (χ0n) is 8.06. The number of alkyl halides is 2. The highest BCUT2D eigenvalue weighted by Crippen LogP contribution is 2.17. The van der Waals surface area contributed by atoms with Gasteiger partial charge in [-0.25, -0.2) is 4.79 Å². The summed E-state index contributed by atoms with van der Waals surface area (Å²) >= 11 is 0. The van der Waals surface area contributed by atoms with Crippen LogP contribution in [0.4, 0.5) is 8.78 Å². The minimum absolute atomic E-state index is 0.534. The van der Waals surface area contributed by atoms with Crippen molar-refractivity contribution in [2.24, 2.45) is 0 Å². The third kappa shape index (κ3) is 2.88. The highest BCUT2D eigenvalue weighted by Gasteiger charge is 2.41. The van der Waals surface area contributed by atoms with E-state index in [-0.39, 0.29) is 0 Å². The predicted molar refractivity (Wildman–Crippen MR) is 46.3 cm³/mol. The number of ether oxygens (including phenoxy) is 1. The number of carbonyl (C=O) groups excluding carboxylic acids is 1. The van der Waals surface area contributed by atoms with Gasteiger partial charge in [0.25, 0.3) is 0 Å². The summed E-state index contributed by atoms with van der Waals surface area (Å²) in [7, 11) is 0.966. The molecule has 0 atom stereocenters. The van der Waals surface area contributed by atoms with E-state index < -0.39 is 18.4 Å². The Bertz CT molecular complexity index is 206. The van der Waals surface area contributed by atoms with Crippen molar-refractivity contribution >= 4 is 5.97 Å². The van der Waals surface area contributed by atoms with Crippen molar-refractivity contribution in [1.82, 2.24) is 10.2 Å². The maximum Gasteiger partial charge on any atom is 0.378 e. The molecule has 0 aromatic carbocycles. The molecule has 1 N–H and O–H groups in total.